The van der Waals surface area contributed by atoms with Crippen LogP contribution in [0.1, 0.15) is 67.9 Å². The molecule has 3 aliphatic carbocycles. The van der Waals surface area contributed by atoms with Crippen molar-refractivity contribution in [3.63, 3.8) is 0 Å². The van der Waals surface area contributed by atoms with Crippen molar-refractivity contribution in [2.75, 3.05) is 26.2 Å². The lowest BCUT2D eigenvalue weighted by Crippen LogP contribution is -2.54. The topological polar surface area (TPSA) is 93.0 Å². The third-order valence-electron chi connectivity index (χ3n) is 7.76. The lowest BCUT2D eigenvalue weighted by atomic mass is 9.45. The first kappa shape index (κ1) is 23.3. The van der Waals surface area contributed by atoms with Crippen molar-refractivity contribution in [2.24, 2.45) is 23.2 Å². The van der Waals surface area contributed by atoms with Crippen LogP contribution in [-0.2, 0) is 9.53 Å². The summed E-state index contributed by atoms with van der Waals surface area (Å²) < 4.78 is 6.60. The number of nitrogens with zero attached hydrogens (tertiary/aromatic N) is 3. The van der Waals surface area contributed by atoms with Gasteiger partial charge in [-0.1, -0.05) is 19.9 Å². The van der Waals surface area contributed by atoms with Crippen LogP contribution in [-0.4, -0.2) is 58.3 Å². The Balaban J connectivity index is 1.47. The van der Waals surface area contributed by atoms with E-state index in [0.29, 0.717) is 41.7 Å². The SMILES string of the molecule is CCOC(=O)CN(CC)C(=O)c1cn2c(C(=O)NC[C@@H]3CC[C@H]4C[C@@H]3C4(C)C)cccc2n1. The molecule has 2 aromatic rings. The second kappa shape index (κ2) is 9.15. The predicted molar refractivity (Wildman–Crippen MR) is 124 cm³/mol. The number of aromatic nitrogens is 2. The Labute approximate surface area is 194 Å². The Kier molecular flexibility index (Phi) is 6.45. The van der Waals surface area contributed by atoms with Crippen molar-refractivity contribution in [3.8, 4) is 0 Å². The number of fused-ring (bicyclic) bond motifs is 3. The molecule has 2 aromatic heterocycles. The summed E-state index contributed by atoms with van der Waals surface area (Å²) in [5.74, 6) is 1.01. The number of pyridine rings is 1. The van der Waals surface area contributed by atoms with Crippen LogP contribution in [0, 0.1) is 23.2 Å². The van der Waals surface area contributed by atoms with Gasteiger partial charge in [0.15, 0.2) is 0 Å². The van der Waals surface area contributed by atoms with Gasteiger partial charge in [-0.2, -0.15) is 0 Å². The number of rotatable bonds is 8. The molecule has 8 heteroatoms. The molecule has 0 aromatic carbocycles. The highest BCUT2D eigenvalue weighted by Crippen LogP contribution is 2.61. The zero-order valence-corrected chi connectivity index (χ0v) is 20.0. The molecule has 3 fully saturated rings. The first-order valence-electron chi connectivity index (χ1n) is 12.0. The molecule has 0 spiro atoms. The van der Waals surface area contributed by atoms with Crippen LogP contribution in [0.2, 0.25) is 0 Å². The molecular weight excluding hydrogens is 420 g/mol. The third kappa shape index (κ3) is 4.35. The normalized spacial score (nSPS) is 23.0. The van der Waals surface area contributed by atoms with Gasteiger partial charge in [-0.05, 0) is 68.4 Å². The van der Waals surface area contributed by atoms with E-state index in [-0.39, 0.29) is 30.7 Å². The minimum atomic E-state index is -0.458. The monoisotopic (exact) mass is 454 g/mol. The highest BCUT2D eigenvalue weighted by molar-refractivity contribution is 5.96. The fourth-order valence-corrected chi connectivity index (χ4v) is 5.67. The van der Waals surface area contributed by atoms with Crippen molar-refractivity contribution in [1.82, 2.24) is 19.6 Å². The molecule has 0 aliphatic heterocycles. The molecule has 1 N–H and O–H groups in total. The second-order valence-corrected chi connectivity index (χ2v) is 9.80. The zero-order chi connectivity index (χ0) is 23.8. The smallest absolute Gasteiger partial charge is 0.325 e. The van der Waals surface area contributed by atoms with Gasteiger partial charge in [0.25, 0.3) is 11.8 Å². The first-order chi connectivity index (χ1) is 15.8. The van der Waals surface area contributed by atoms with Gasteiger partial charge in [-0.3, -0.25) is 18.8 Å². The van der Waals surface area contributed by atoms with E-state index in [4.69, 9.17) is 4.74 Å². The van der Waals surface area contributed by atoms with Crippen molar-refractivity contribution < 1.29 is 19.1 Å². The molecule has 178 valence electrons. The number of esters is 1. The maximum Gasteiger partial charge on any atom is 0.325 e. The number of carbonyl (C=O) groups excluding carboxylic acids is 3. The minimum Gasteiger partial charge on any atom is -0.465 e. The van der Waals surface area contributed by atoms with Gasteiger partial charge >= 0.3 is 5.97 Å². The quantitative estimate of drug-likeness (QED) is 0.619. The molecule has 2 amide bonds. The summed E-state index contributed by atoms with van der Waals surface area (Å²) in [4.78, 5) is 43.6. The fourth-order valence-electron chi connectivity index (χ4n) is 5.67. The number of carbonyl (C=O) groups is 3. The van der Waals surface area contributed by atoms with Crippen LogP contribution in [0.4, 0.5) is 0 Å². The standard InChI is InChI=1S/C25H34N4O4/c1-5-28(15-22(30)33-6-2)24(32)19-14-29-20(8-7-9-21(29)27-19)23(31)26-13-16-10-11-17-12-18(16)25(17,3)4/h7-9,14,16-18H,5-6,10-13,15H2,1-4H3,(H,26,31)/t16-,17-,18-/m0/s1. The Morgan fingerprint density at radius 3 is 2.70 bits per heavy atom. The molecule has 5 rings (SSSR count). The number of likely N-dealkylation sites (N-methyl/N-ethyl adjacent to an activating group) is 1. The van der Waals surface area contributed by atoms with Crippen molar-refractivity contribution in [1.29, 1.82) is 0 Å². The molecule has 0 radical (unpaired) electrons. The number of hydrogen-bond donors (Lipinski definition) is 1. The summed E-state index contributed by atoms with van der Waals surface area (Å²) in [6, 6.07) is 5.26. The van der Waals surface area contributed by atoms with Crippen molar-refractivity contribution >= 4 is 23.4 Å². The third-order valence-corrected chi connectivity index (χ3v) is 7.76. The molecule has 33 heavy (non-hydrogen) atoms. The van der Waals surface area contributed by atoms with Gasteiger partial charge < -0.3 is 15.0 Å². The largest absolute Gasteiger partial charge is 0.465 e. The maximum atomic E-state index is 13.1. The van der Waals surface area contributed by atoms with Gasteiger partial charge in [0.1, 0.15) is 23.6 Å². The van der Waals surface area contributed by atoms with E-state index in [9.17, 15) is 14.4 Å². The van der Waals surface area contributed by atoms with E-state index in [1.807, 2.05) is 0 Å². The summed E-state index contributed by atoms with van der Waals surface area (Å²) in [5, 5.41) is 3.12. The Morgan fingerprint density at radius 2 is 2.03 bits per heavy atom. The second-order valence-electron chi connectivity index (χ2n) is 9.80. The molecule has 3 atom stereocenters. The first-order valence-corrected chi connectivity index (χ1v) is 12.0. The maximum absolute atomic E-state index is 13.1. The van der Waals surface area contributed by atoms with Crippen LogP contribution in [0.5, 0.6) is 0 Å². The predicted octanol–water partition coefficient (Wildman–Crippen LogP) is 3.16. The molecule has 2 bridgehead atoms. The average molecular weight is 455 g/mol. The van der Waals surface area contributed by atoms with Crippen LogP contribution in [0.3, 0.4) is 0 Å². The van der Waals surface area contributed by atoms with Crippen LogP contribution < -0.4 is 5.32 Å². The summed E-state index contributed by atoms with van der Waals surface area (Å²) >= 11 is 0. The Hall–Kier alpha value is -2.90. The van der Waals surface area contributed by atoms with E-state index < -0.39 is 5.97 Å². The summed E-state index contributed by atoms with van der Waals surface area (Å²) in [7, 11) is 0. The van der Waals surface area contributed by atoms with Gasteiger partial charge in [0.05, 0.1) is 6.61 Å². The molecule has 8 nitrogen and oxygen atoms in total. The molecule has 2 heterocycles. The van der Waals surface area contributed by atoms with Crippen LogP contribution >= 0.6 is 0 Å². The summed E-state index contributed by atoms with van der Waals surface area (Å²) in [6.07, 6.45) is 5.25. The average Bonchev–Trinajstić information content (AvgIpc) is 3.25. The van der Waals surface area contributed by atoms with E-state index >= 15 is 0 Å². The van der Waals surface area contributed by atoms with E-state index in [1.54, 1.807) is 42.6 Å². The summed E-state index contributed by atoms with van der Waals surface area (Å²) in [6.45, 7) is 9.36. The number of hydrogen-bond acceptors (Lipinski definition) is 5. The van der Waals surface area contributed by atoms with Gasteiger partial charge in [-0.25, -0.2) is 4.98 Å². The zero-order valence-electron chi connectivity index (χ0n) is 20.0. The van der Waals surface area contributed by atoms with Gasteiger partial charge in [-0.15, -0.1) is 0 Å². The van der Waals surface area contributed by atoms with Gasteiger partial charge in [0, 0.05) is 19.3 Å². The highest BCUT2D eigenvalue weighted by atomic mass is 16.5. The summed E-state index contributed by atoms with van der Waals surface area (Å²) in [5.41, 5.74) is 1.52. The van der Waals surface area contributed by atoms with Crippen LogP contribution in [0.25, 0.3) is 5.65 Å². The molecule has 0 saturated heterocycles. The Morgan fingerprint density at radius 1 is 1.24 bits per heavy atom. The molecular formula is C25H34N4O4. The van der Waals surface area contributed by atoms with E-state index in [1.165, 1.54) is 24.2 Å². The lowest BCUT2D eigenvalue weighted by molar-refractivity contribution is -0.143. The Bertz CT molecular complexity index is 1060. The number of nitrogens with one attached hydrogen (secondary N) is 1. The van der Waals surface area contributed by atoms with E-state index in [2.05, 4.69) is 24.1 Å². The minimum absolute atomic E-state index is 0.135. The number of imidazole rings is 1. The molecule has 0 unspecified atom stereocenters. The lowest BCUT2D eigenvalue weighted by Gasteiger charge is -2.60. The van der Waals surface area contributed by atoms with Crippen molar-refractivity contribution in [3.05, 3.63) is 35.8 Å². The van der Waals surface area contributed by atoms with Gasteiger partial charge in [0.2, 0.25) is 0 Å². The highest BCUT2D eigenvalue weighted by Gasteiger charge is 2.53. The van der Waals surface area contributed by atoms with Crippen LogP contribution in [0.15, 0.2) is 24.4 Å². The molecule has 3 saturated carbocycles. The van der Waals surface area contributed by atoms with Crippen molar-refractivity contribution in [2.45, 2.75) is 47.0 Å². The number of ether oxygens (including phenoxy) is 1. The molecule has 3 aliphatic rings. The fraction of sp³-hybridized carbons (Fsp3) is 0.600. The van der Waals surface area contributed by atoms with E-state index in [0.717, 1.165) is 5.92 Å². The number of amides is 2.